The number of esters is 7. The van der Waals surface area contributed by atoms with Gasteiger partial charge in [0.15, 0.2) is 43.0 Å². The Balaban J connectivity index is 1.08. The average molecular weight is 1160 g/mol. The summed E-state index contributed by atoms with van der Waals surface area (Å²) >= 11 is 0. The van der Waals surface area contributed by atoms with Gasteiger partial charge in [-0.2, -0.15) is 0 Å². The SMILES string of the molecule is CC(=O)OC[C@H]1O[C@@H](n2cc(CNC(=O)[C@]34CCC(C)(C)C[C@H]3C3=CC[C@@H]5[C@@]6(C)CC[C@H](O)C(C)(C)[C@@H]6CC[C@@]5(C)[C@]3(C)CC4)nn2)[C@H](OC(C)=O)[C@@H](OC(C)=O)[C@@H]1O[C@H]1O[C@H](COC(C)=O)[C@@H](OC(C)=O)[C@H](OC(C)=O)[C@H]1OC(C)=O. The number of nitrogens with zero attached hydrogens (tertiary/aromatic N) is 3. The molecule has 7 aliphatic rings. The van der Waals surface area contributed by atoms with Crippen LogP contribution < -0.4 is 5.32 Å². The number of aliphatic hydroxyl groups excluding tert-OH is 1. The number of fused-ring (bicyclic) bond motifs is 7. The van der Waals surface area contributed by atoms with Crippen LogP contribution >= 0.6 is 0 Å². The summed E-state index contributed by atoms with van der Waals surface area (Å²) in [6.07, 6.45) is -3.53. The molecular weight excluding hydrogens is 1070 g/mol. The average Bonchev–Trinajstić information content (AvgIpc) is 0.778. The highest BCUT2D eigenvalue weighted by Crippen LogP contribution is 2.76. The van der Waals surface area contributed by atoms with E-state index < -0.39 is 122 Å². The van der Waals surface area contributed by atoms with E-state index in [9.17, 15) is 38.7 Å². The van der Waals surface area contributed by atoms with Gasteiger partial charge >= 0.3 is 41.8 Å². The van der Waals surface area contributed by atoms with E-state index in [0.717, 1.165) is 106 Å². The molecule has 6 fully saturated rings. The molecule has 8 rings (SSSR count). The Morgan fingerprint density at radius 2 is 1.18 bits per heavy atom. The number of amides is 1. The van der Waals surface area contributed by atoms with Crippen molar-refractivity contribution in [3.63, 3.8) is 0 Å². The predicted octanol–water partition coefficient (Wildman–Crippen LogP) is 5.85. The van der Waals surface area contributed by atoms with Crippen LogP contribution in [0.5, 0.6) is 0 Å². The summed E-state index contributed by atoms with van der Waals surface area (Å²) in [6, 6.07) is 0. The van der Waals surface area contributed by atoms with Crippen LogP contribution in [0.4, 0.5) is 0 Å². The number of carbonyl (C=O) groups is 8. The second-order valence-electron chi connectivity index (χ2n) is 26.3. The van der Waals surface area contributed by atoms with Crippen LogP contribution in [0.1, 0.15) is 173 Å². The largest absolute Gasteiger partial charge is 0.463 e. The summed E-state index contributed by atoms with van der Waals surface area (Å²) < 4.78 is 59.7. The van der Waals surface area contributed by atoms with Gasteiger partial charge in [0.2, 0.25) is 5.91 Å². The van der Waals surface area contributed by atoms with Gasteiger partial charge in [0.1, 0.15) is 37.2 Å². The van der Waals surface area contributed by atoms with Crippen LogP contribution in [0.15, 0.2) is 17.8 Å². The van der Waals surface area contributed by atoms with Gasteiger partial charge in [-0.05, 0) is 109 Å². The summed E-state index contributed by atoms with van der Waals surface area (Å²) in [4.78, 5) is 104. The third-order valence-corrected chi connectivity index (χ3v) is 20.2. The number of carbonyl (C=O) groups excluding carboxylic acids is 8. The zero-order chi connectivity index (χ0) is 60.2. The van der Waals surface area contributed by atoms with Gasteiger partial charge in [-0.25, -0.2) is 4.68 Å². The van der Waals surface area contributed by atoms with Gasteiger partial charge in [0, 0.05) is 48.5 Å². The second-order valence-corrected chi connectivity index (χ2v) is 26.3. The fourth-order valence-electron chi connectivity index (χ4n) is 16.2. The Morgan fingerprint density at radius 1 is 0.634 bits per heavy atom. The van der Waals surface area contributed by atoms with Crippen molar-refractivity contribution in [3.05, 3.63) is 23.5 Å². The first-order chi connectivity index (χ1) is 38.3. The summed E-state index contributed by atoms with van der Waals surface area (Å²) in [5, 5.41) is 23.3. The third kappa shape index (κ3) is 11.9. The maximum Gasteiger partial charge on any atom is 0.303 e. The molecule has 3 heterocycles. The molecule has 1 aromatic rings. The molecule has 5 aliphatic carbocycles. The fourth-order valence-corrected chi connectivity index (χ4v) is 16.2. The highest BCUT2D eigenvalue weighted by molar-refractivity contribution is 5.84. The van der Waals surface area contributed by atoms with Crippen molar-refractivity contribution >= 4 is 47.7 Å². The molecule has 23 nitrogen and oxygen atoms in total. The van der Waals surface area contributed by atoms with Crippen molar-refractivity contribution in [3.8, 4) is 0 Å². The number of aliphatic hydroxyl groups is 1. The van der Waals surface area contributed by atoms with Crippen LogP contribution in [-0.2, 0) is 92.3 Å². The molecule has 456 valence electrons. The Hall–Kier alpha value is -5.52. The first kappa shape index (κ1) is 62.5. The molecule has 0 spiro atoms. The van der Waals surface area contributed by atoms with Crippen molar-refractivity contribution < 1.29 is 90.8 Å². The number of allylic oxidation sites excluding steroid dienone is 2. The summed E-state index contributed by atoms with van der Waals surface area (Å²) in [7, 11) is 0. The number of ether oxygens (including phenoxy) is 10. The number of hydrogen-bond donors (Lipinski definition) is 2. The van der Waals surface area contributed by atoms with Crippen LogP contribution in [0.25, 0.3) is 0 Å². The molecule has 23 heteroatoms. The quantitative estimate of drug-likeness (QED) is 0.118. The van der Waals surface area contributed by atoms with Crippen LogP contribution in [0, 0.1) is 50.2 Å². The summed E-state index contributed by atoms with van der Waals surface area (Å²) in [5.74, 6) is -5.19. The van der Waals surface area contributed by atoms with Crippen molar-refractivity contribution in [1.29, 1.82) is 0 Å². The molecule has 1 amide bonds. The lowest BCUT2D eigenvalue weighted by Crippen LogP contribution is -2.66. The second kappa shape index (κ2) is 23.5. The smallest absolute Gasteiger partial charge is 0.303 e. The Kier molecular flexibility index (Phi) is 17.9. The minimum atomic E-state index is -1.85. The van der Waals surface area contributed by atoms with E-state index in [4.69, 9.17) is 47.4 Å². The molecule has 82 heavy (non-hydrogen) atoms. The van der Waals surface area contributed by atoms with E-state index in [2.05, 4.69) is 70.2 Å². The normalized spacial score (nSPS) is 38.9. The fraction of sp³-hybridized carbons (Fsp3) is 0.797. The van der Waals surface area contributed by atoms with E-state index in [1.54, 1.807) is 0 Å². The predicted molar refractivity (Wildman–Crippen MR) is 285 cm³/mol. The molecule has 0 radical (unpaired) electrons. The van der Waals surface area contributed by atoms with E-state index >= 15 is 4.79 Å². The molecule has 0 bridgehead atoms. The molecule has 0 unspecified atom stereocenters. The lowest BCUT2D eigenvalue weighted by atomic mass is 9.33. The molecule has 1 aromatic heterocycles. The highest BCUT2D eigenvalue weighted by Gasteiger charge is 2.69. The standard InChI is InChI=1S/C59H86N4O19/c1-30(64)73-28-40-46(82-52-50(79-36(7)70)48(77-34(5)68)45(75-32(3)66)41(81-52)29-74-31(2)65)47(76-33(4)67)49(78-35(6)69)51(80-40)63-27-37(61-62-63)26-60-53(72)59-23-21-54(8,9)25-39(59)38-15-16-43-56(12)19-18-44(71)55(10,11)42(56)17-20-58(43,14)57(38,13)22-24-59/h15,27,39-52,71H,16-26,28-29H2,1-14H3,(H,60,72)/t39-,40+,41+,42-,43+,44-,45+,46+,47-,48-,49+,50+,51+,52+,56-,57+,58+,59-/m0/s1. The molecule has 18 atom stereocenters. The molecule has 2 N–H and O–H groups in total. The molecule has 0 aromatic carbocycles. The maximum absolute atomic E-state index is 15.2. The molecule has 2 aliphatic heterocycles. The summed E-state index contributed by atoms with van der Waals surface area (Å²) in [6.45, 7) is 23.0. The van der Waals surface area contributed by atoms with Gasteiger partial charge in [-0.3, -0.25) is 38.4 Å². The maximum atomic E-state index is 15.2. The minimum absolute atomic E-state index is 0.00213. The van der Waals surface area contributed by atoms with E-state index in [-0.39, 0.29) is 51.5 Å². The Bertz CT molecular complexity index is 2670. The molecular formula is C59H86N4O19. The molecule has 2 saturated heterocycles. The van der Waals surface area contributed by atoms with Gasteiger partial charge in [-0.15, -0.1) is 5.10 Å². The zero-order valence-electron chi connectivity index (χ0n) is 50.1. The van der Waals surface area contributed by atoms with E-state index in [0.29, 0.717) is 24.0 Å². The topological polar surface area (TPSA) is 292 Å². The minimum Gasteiger partial charge on any atom is -0.463 e. The van der Waals surface area contributed by atoms with Crippen LogP contribution in [0.3, 0.4) is 0 Å². The highest BCUT2D eigenvalue weighted by atomic mass is 16.8. The lowest BCUT2D eigenvalue weighted by Gasteiger charge is -2.71. The van der Waals surface area contributed by atoms with E-state index in [1.165, 1.54) is 16.5 Å². The van der Waals surface area contributed by atoms with Crippen LogP contribution in [0.2, 0.25) is 0 Å². The number of hydrogen-bond acceptors (Lipinski definition) is 21. The summed E-state index contributed by atoms with van der Waals surface area (Å²) in [5.41, 5.74) is 0.812. The van der Waals surface area contributed by atoms with Gasteiger partial charge in [0.25, 0.3) is 0 Å². The number of aromatic nitrogens is 3. The van der Waals surface area contributed by atoms with Crippen LogP contribution in [-0.4, -0.2) is 142 Å². The van der Waals surface area contributed by atoms with Crippen molar-refractivity contribution in [1.82, 2.24) is 20.3 Å². The third-order valence-electron chi connectivity index (χ3n) is 20.2. The van der Waals surface area contributed by atoms with Crippen molar-refractivity contribution in [2.45, 2.75) is 235 Å². The number of rotatable bonds is 15. The first-order valence-electron chi connectivity index (χ1n) is 28.9. The lowest BCUT2D eigenvalue weighted by molar-refractivity contribution is -0.349. The Morgan fingerprint density at radius 3 is 1.78 bits per heavy atom. The van der Waals surface area contributed by atoms with E-state index in [1.807, 2.05) is 0 Å². The van der Waals surface area contributed by atoms with Gasteiger partial charge in [-0.1, -0.05) is 65.3 Å². The zero-order valence-corrected chi connectivity index (χ0v) is 50.1. The monoisotopic (exact) mass is 1150 g/mol. The first-order valence-corrected chi connectivity index (χ1v) is 28.9. The molecule has 4 saturated carbocycles. The Labute approximate surface area is 479 Å². The number of nitrogens with one attached hydrogen (secondary N) is 1. The van der Waals surface area contributed by atoms with Crippen molar-refractivity contribution in [2.24, 2.45) is 50.2 Å². The van der Waals surface area contributed by atoms with Crippen molar-refractivity contribution in [2.75, 3.05) is 13.2 Å². The van der Waals surface area contributed by atoms with Gasteiger partial charge in [0.05, 0.1) is 24.3 Å². The van der Waals surface area contributed by atoms with Gasteiger partial charge < -0.3 is 57.8 Å².